The van der Waals surface area contributed by atoms with Gasteiger partial charge in [0.2, 0.25) is 5.91 Å². The van der Waals surface area contributed by atoms with Crippen LogP contribution in [0.4, 0.5) is 5.69 Å². The Morgan fingerprint density at radius 3 is 2.29 bits per heavy atom. The zero-order chi connectivity index (χ0) is 16.9. The van der Waals surface area contributed by atoms with Crippen molar-refractivity contribution in [2.75, 3.05) is 38.2 Å². The first-order chi connectivity index (χ1) is 11.7. The predicted molar refractivity (Wildman–Crippen MR) is 96.8 cm³/mol. The van der Waals surface area contributed by atoms with Gasteiger partial charge in [0.25, 0.3) is 0 Å². The van der Waals surface area contributed by atoms with Crippen LogP contribution in [0.3, 0.4) is 0 Å². The van der Waals surface area contributed by atoms with Crippen molar-refractivity contribution >= 4 is 23.2 Å². The minimum Gasteiger partial charge on any atom is -0.495 e. The lowest BCUT2D eigenvalue weighted by Crippen LogP contribution is -2.49. The van der Waals surface area contributed by atoms with Crippen LogP contribution in [0.15, 0.2) is 54.6 Å². The fraction of sp³-hybridized carbons (Fsp3) is 0.316. The van der Waals surface area contributed by atoms with E-state index in [0.29, 0.717) is 13.1 Å². The molecule has 0 aliphatic carbocycles. The Bertz CT molecular complexity index is 685. The maximum Gasteiger partial charge on any atom is 0.245 e. The number of piperazine rings is 1. The summed E-state index contributed by atoms with van der Waals surface area (Å²) in [6.07, 6.45) is 0. The zero-order valence-corrected chi connectivity index (χ0v) is 14.4. The van der Waals surface area contributed by atoms with Crippen molar-refractivity contribution < 1.29 is 9.53 Å². The first kappa shape index (κ1) is 16.7. The van der Waals surface area contributed by atoms with Crippen LogP contribution in [0, 0.1) is 0 Å². The van der Waals surface area contributed by atoms with E-state index in [9.17, 15) is 4.79 Å². The third kappa shape index (κ3) is 3.49. The lowest BCUT2D eigenvalue weighted by Gasteiger charge is -2.37. The average molecular weight is 345 g/mol. The molecule has 0 radical (unpaired) electrons. The number of hydrogen-bond acceptors (Lipinski definition) is 3. The number of amides is 1. The molecular weight excluding hydrogens is 324 g/mol. The summed E-state index contributed by atoms with van der Waals surface area (Å²) in [5, 5.41) is -0.621. The van der Waals surface area contributed by atoms with E-state index >= 15 is 0 Å². The number of ether oxygens (including phenoxy) is 1. The van der Waals surface area contributed by atoms with E-state index in [4.69, 9.17) is 16.3 Å². The van der Waals surface area contributed by atoms with Crippen molar-refractivity contribution in [3.8, 4) is 5.75 Å². The molecule has 24 heavy (non-hydrogen) atoms. The molecule has 5 heteroatoms. The van der Waals surface area contributed by atoms with Gasteiger partial charge in [-0.05, 0) is 17.7 Å². The van der Waals surface area contributed by atoms with Gasteiger partial charge in [0.05, 0.1) is 12.8 Å². The maximum atomic E-state index is 12.6. The second-order valence-electron chi connectivity index (χ2n) is 5.76. The fourth-order valence-electron chi connectivity index (χ4n) is 2.98. The summed E-state index contributed by atoms with van der Waals surface area (Å²) in [7, 11) is 1.68. The number of para-hydroxylation sites is 2. The van der Waals surface area contributed by atoms with Crippen molar-refractivity contribution in [3.63, 3.8) is 0 Å². The van der Waals surface area contributed by atoms with Crippen LogP contribution in [0.2, 0.25) is 0 Å². The highest BCUT2D eigenvalue weighted by atomic mass is 35.5. The molecule has 1 atom stereocenters. The molecule has 1 heterocycles. The molecule has 1 aliphatic heterocycles. The van der Waals surface area contributed by atoms with Crippen molar-refractivity contribution in [2.24, 2.45) is 0 Å². The van der Waals surface area contributed by atoms with Crippen LogP contribution in [-0.4, -0.2) is 44.1 Å². The van der Waals surface area contributed by atoms with Gasteiger partial charge >= 0.3 is 0 Å². The molecular formula is C19H21ClN2O2. The van der Waals surface area contributed by atoms with Gasteiger partial charge < -0.3 is 14.5 Å². The van der Waals surface area contributed by atoms with Crippen molar-refractivity contribution in [3.05, 3.63) is 60.2 Å². The normalized spacial score (nSPS) is 15.9. The molecule has 0 N–H and O–H groups in total. The number of halogens is 1. The first-order valence-corrected chi connectivity index (χ1v) is 8.50. The Morgan fingerprint density at radius 2 is 1.62 bits per heavy atom. The lowest BCUT2D eigenvalue weighted by molar-refractivity contribution is -0.131. The topological polar surface area (TPSA) is 32.8 Å². The Kier molecular flexibility index (Phi) is 5.26. The third-order valence-corrected chi connectivity index (χ3v) is 4.76. The van der Waals surface area contributed by atoms with Crippen LogP contribution in [0.5, 0.6) is 5.75 Å². The highest BCUT2D eigenvalue weighted by molar-refractivity contribution is 6.30. The molecule has 1 fully saturated rings. The highest BCUT2D eigenvalue weighted by Gasteiger charge is 2.27. The Morgan fingerprint density at radius 1 is 1.00 bits per heavy atom. The molecule has 2 aromatic rings. The van der Waals surface area contributed by atoms with Gasteiger partial charge in [0, 0.05) is 26.2 Å². The van der Waals surface area contributed by atoms with Crippen LogP contribution >= 0.6 is 11.6 Å². The number of hydrogen-bond donors (Lipinski definition) is 0. The highest BCUT2D eigenvalue weighted by Crippen LogP contribution is 2.29. The quantitative estimate of drug-likeness (QED) is 0.798. The van der Waals surface area contributed by atoms with Crippen molar-refractivity contribution in [1.29, 1.82) is 0 Å². The number of carbonyl (C=O) groups is 1. The standard InChI is InChI=1S/C19H21ClN2O2/c1-24-17-10-6-5-9-16(17)21-11-13-22(14-12-21)19(23)18(20)15-7-3-2-4-8-15/h2-10,18H,11-14H2,1H3/t18-/m1/s1. The van der Waals surface area contributed by atoms with Crippen LogP contribution in [0.1, 0.15) is 10.9 Å². The van der Waals surface area contributed by atoms with E-state index in [1.807, 2.05) is 59.5 Å². The summed E-state index contributed by atoms with van der Waals surface area (Å²) in [6, 6.07) is 17.5. The second kappa shape index (κ2) is 7.58. The molecule has 3 rings (SSSR count). The Hall–Kier alpha value is -2.20. The molecule has 0 spiro atoms. The van der Waals surface area contributed by atoms with Crippen molar-refractivity contribution in [1.82, 2.24) is 4.90 Å². The number of rotatable bonds is 4. The molecule has 0 aromatic heterocycles. The number of anilines is 1. The van der Waals surface area contributed by atoms with Gasteiger partial charge in [-0.25, -0.2) is 0 Å². The third-order valence-electron chi connectivity index (χ3n) is 4.33. The van der Waals surface area contributed by atoms with E-state index in [1.54, 1.807) is 7.11 Å². The van der Waals surface area contributed by atoms with Crippen LogP contribution < -0.4 is 9.64 Å². The fourth-order valence-corrected chi connectivity index (χ4v) is 3.27. The second-order valence-corrected chi connectivity index (χ2v) is 6.19. The SMILES string of the molecule is COc1ccccc1N1CCN(C(=O)[C@H](Cl)c2ccccc2)CC1. The minimum atomic E-state index is -0.621. The number of benzene rings is 2. The number of nitrogens with zero attached hydrogens (tertiary/aromatic N) is 2. The molecule has 126 valence electrons. The van der Waals surface area contributed by atoms with Gasteiger partial charge in [0.15, 0.2) is 0 Å². The van der Waals surface area contributed by atoms with E-state index in [2.05, 4.69) is 4.90 Å². The number of methoxy groups -OCH3 is 1. The van der Waals surface area contributed by atoms with E-state index < -0.39 is 5.38 Å². The van der Waals surface area contributed by atoms with Crippen molar-refractivity contribution in [2.45, 2.75) is 5.38 Å². The summed E-state index contributed by atoms with van der Waals surface area (Å²) < 4.78 is 5.43. The molecule has 0 bridgehead atoms. The largest absolute Gasteiger partial charge is 0.495 e. The Balaban J connectivity index is 1.63. The maximum absolute atomic E-state index is 12.6. The van der Waals surface area contributed by atoms with E-state index in [-0.39, 0.29) is 5.91 Å². The molecule has 2 aromatic carbocycles. The predicted octanol–water partition coefficient (Wildman–Crippen LogP) is 3.32. The van der Waals surface area contributed by atoms with Crippen LogP contribution in [0.25, 0.3) is 0 Å². The first-order valence-electron chi connectivity index (χ1n) is 8.06. The molecule has 0 saturated carbocycles. The summed E-state index contributed by atoms with van der Waals surface area (Å²) in [6.45, 7) is 2.86. The molecule has 4 nitrogen and oxygen atoms in total. The molecule has 1 aliphatic rings. The van der Waals surface area contributed by atoms with Gasteiger partial charge in [-0.3, -0.25) is 4.79 Å². The monoisotopic (exact) mass is 344 g/mol. The van der Waals surface area contributed by atoms with E-state index in [1.165, 1.54) is 0 Å². The van der Waals surface area contributed by atoms with Gasteiger partial charge in [0.1, 0.15) is 11.1 Å². The lowest BCUT2D eigenvalue weighted by atomic mass is 10.1. The summed E-state index contributed by atoms with van der Waals surface area (Å²) in [4.78, 5) is 16.7. The summed E-state index contributed by atoms with van der Waals surface area (Å²) in [5.41, 5.74) is 1.91. The molecule has 1 amide bonds. The average Bonchev–Trinajstić information content (AvgIpc) is 2.67. The van der Waals surface area contributed by atoms with Gasteiger partial charge in [-0.1, -0.05) is 42.5 Å². The Labute approximate surface area is 147 Å². The van der Waals surface area contributed by atoms with Gasteiger partial charge in [-0.2, -0.15) is 0 Å². The summed E-state index contributed by atoms with van der Waals surface area (Å²) >= 11 is 6.37. The van der Waals surface area contributed by atoms with Crippen LogP contribution in [-0.2, 0) is 4.79 Å². The summed E-state index contributed by atoms with van der Waals surface area (Å²) in [5.74, 6) is 0.833. The smallest absolute Gasteiger partial charge is 0.245 e. The number of alkyl halides is 1. The minimum absolute atomic E-state index is 0.0254. The molecule has 1 saturated heterocycles. The van der Waals surface area contributed by atoms with Gasteiger partial charge in [-0.15, -0.1) is 11.6 Å². The molecule has 0 unspecified atom stereocenters. The number of carbonyl (C=O) groups excluding carboxylic acids is 1. The van der Waals surface area contributed by atoms with E-state index in [0.717, 1.165) is 30.1 Å². The zero-order valence-electron chi connectivity index (χ0n) is 13.7.